The largest absolute Gasteiger partial charge is 0.321 e. The van der Waals surface area contributed by atoms with Crippen LogP contribution in [0.4, 0.5) is 0 Å². The number of aromatic nitrogens is 1. The fourth-order valence-electron chi connectivity index (χ4n) is 3.63. The highest BCUT2D eigenvalue weighted by atomic mass is 32.2. The van der Waals surface area contributed by atoms with Gasteiger partial charge in [-0.05, 0) is 44.0 Å². The highest BCUT2D eigenvalue weighted by Gasteiger charge is 2.47. The molecule has 2 aromatic rings. The lowest BCUT2D eigenvalue weighted by Crippen LogP contribution is -2.49. The number of carbonyl (C=O) groups excluding carboxylic acids is 1. The lowest BCUT2D eigenvalue weighted by molar-refractivity contribution is -0.132. The van der Waals surface area contributed by atoms with E-state index in [1.54, 1.807) is 35.4 Å². The fourth-order valence-corrected chi connectivity index (χ4v) is 6.15. The maximum atomic E-state index is 13.3. The van der Waals surface area contributed by atoms with Gasteiger partial charge in [-0.15, -0.1) is 0 Å². The minimum Gasteiger partial charge on any atom is -0.321 e. The van der Waals surface area contributed by atoms with Gasteiger partial charge in [-0.3, -0.25) is 4.79 Å². The molecule has 0 aliphatic carbocycles. The molecule has 2 heterocycles. The summed E-state index contributed by atoms with van der Waals surface area (Å²) in [6.07, 6.45) is 1.19. The zero-order valence-electron chi connectivity index (χ0n) is 17.1. The number of thioether (sulfide) groups is 1. The molecule has 2 atom stereocenters. The van der Waals surface area contributed by atoms with Gasteiger partial charge in [-0.25, -0.2) is 13.4 Å². The maximum absolute atomic E-state index is 13.3. The molecule has 1 saturated heterocycles. The number of aryl methyl sites for hydroxylation is 1. The van der Waals surface area contributed by atoms with Crippen LogP contribution in [-0.2, 0) is 14.8 Å². The third kappa shape index (κ3) is 4.65. The molecule has 3 rings (SSSR count). The van der Waals surface area contributed by atoms with Crippen molar-refractivity contribution in [2.75, 3.05) is 12.3 Å². The van der Waals surface area contributed by atoms with Crippen LogP contribution in [-0.4, -0.2) is 53.0 Å². The van der Waals surface area contributed by atoms with E-state index in [4.69, 9.17) is 0 Å². The summed E-state index contributed by atoms with van der Waals surface area (Å²) < 4.78 is 28.1. The minimum atomic E-state index is -3.70. The standard InChI is InChI=1S/C21H27N3O3S2/c1-15(2)21-23(29(26,27)18-10-8-16(3)9-11-18)13-17(4)24(21)20(25)14-28-19-7-5-6-12-22-19/h5-12,15,17,21H,13-14H2,1-4H3/t17-,21-/m0/s1. The molecular formula is C21H27N3O3S2. The molecule has 29 heavy (non-hydrogen) atoms. The van der Waals surface area contributed by atoms with Crippen LogP contribution in [0.1, 0.15) is 26.3 Å². The molecular weight excluding hydrogens is 406 g/mol. The molecule has 6 nitrogen and oxygen atoms in total. The Morgan fingerprint density at radius 3 is 2.48 bits per heavy atom. The number of rotatable bonds is 6. The van der Waals surface area contributed by atoms with Gasteiger partial charge in [0.2, 0.25) is 15.9 Å². The summed E-state index contributed by atoms with van der Waals surface area (Å²) >= 11 is 1.37. The average Bonchev–Trinajstić information content (AvgIpc) is 3.05. The van der Waals surface area contributed by atoms with Crippen molar-refractivity contribution in [3.05, 3.63) is 54.2 Å². The van der Waals surface area contributed by atoms with Crippen LogP contribution < -0.4 is 0 Å². The van der Waals surface area contributed by atoms with Crippen LogP contribution in [0.15, 0.2) is 58.6 Å². The first-order valence-electron chi connectivity index (χ1n) is 9.65. The van der Waals surface area contributed by atoms with Crippen molar-refractivity contribution in [1.29, 1.82) is 0 Å². The number of pyridine rings is 1. The smallest absolute Gasteiger partial charge is 0.244 e. The summed E-state index contributed by atoms with van der Waals surface area (Å²) in [7, 11) is -3.70. The van der Waals surface area contributed by atoms with Crippen LogP contribution in [0, 0.1) is 12.8 Å². The van der Waals surface area contributed by atoms with Crippen molar-refractivity contribution in [2.45, 2.75) is 49.8 Å². The fraction of sp³-hybridized carbons (Fsp3) is 0.429. The van der Waals surface area contributed by atoms with Gasteiger partial charge in [0.05, 0.1) is 15.7 Å². The van der Waals surface area contributed by atoms with E-state index < -0.39 is 16.2 Å². The van der Waals surface area contributed by atoms with E-state index in [2.05, 4.69) is 4.98 Å². The van der Waals surface area contributed by atoms with E-state index in [9.17, 15) is 13.2 Å². The Hall–Kier alpha value is -1.90. The van der Waals surface area contributed by atoms with E-state index in [1.165, 1.54) is 16.1 Å². The molecule has 1 aromatic heterocycles. The van der Waals surface area contributed by atoms with Gasteiger partial charge >= 0.3 is 0 Å². The predicted molar refractivity (Wildman–Crippen MR) is 115 cm³/mol. The summed E-state index contributed by atoms with van der Waals surface area (Å²) in [4.78, 5) is 19.3. The molecule has 0 N–H and O–H groups in total. The van der Waals surface area contributed by atoms with Gasteiger partial charge in [0.15, 0.2) is 0 Å². The normalized spacial score (nSPS) is 20.4. The van der Waals surface area contributed by atoms with E-state index >= 15 is 0 Å². The first-order valence-corrected chi connectivity index (χ1v) is 12.1. The number of hydrogen-bond acceptors (Lipinski definition) is 5. The first kappa shape index (κ1) is 21.8. The predicted octanol–water partition coefficient (Wildman–Crippen LogP) is 3.39. The van der Waals surface area contributed by atoms with Crippen molar-refractivity contribution in [2.24, 2.45) is 5.92 Å². The molecule has 156 valence electrons. The molecule has 1 amide bonds. The SMILES string of the molecule is Cc1ccc(S(=O)(=O)N2C[C@H](C)N(C(=O)CSc3ccccn3)[C@H]2C(C)C)cc1. The molecule has 1 aliphatic rings. The summed E-state index contributed by atoms with van der Waals surface area (Å²) in [6.45, 7) is 8.02. The van der Waals surface area contributed by atoms with Crippen LogP contribution in [0.2, 0.25) is 0 Å². The second kappa shape index (κ2) is 8.85. The molecule has 0 spiro atoms. The Labute approximate surface area is 177 Å². The Balaban J connectivity index is 1.84. The molecule has 0 radical (unpaired) electrons. The van der Waals surface area contributed by atoms with Crippen molar-refractivity contribution in [3.63, 3.8) is 0 Å². The Bertz CT molecular complexity index is 947. The van der Waals surface area contributed by atoms with Crippen molar-refractivity contribution in [1.82, 2.24) is 14.2 Å². The monoisotopic (exact) mass is 433 g/mol. The molecule has 8 heteroatoms. The van der Waals surface area contributed by atoms with Gasteiger partial charge in [-0.2, -0.15) is 4.31 Å². The van der Waals surface area contributed by atoms with E-state index in [0.29, 0.717) is 6.54 Å². The first-order chi connectivity index (χ1) is 13.7. The Kier molecular flexibility index (Phi) is 6.65. The number of carbonyl (C=O) groups is 1. The van der Waals surface area contributed by atoms with Crippen molar-refractivity contribution < 1.29 is 13.2 Å². The van der Waals surface area contributed by atoms with E-state index in [1.807, 2.05) is 45.9 Å². The third-order valence-corrected chi connectivity index (χ3v) is 7.77. The number of benzene rings is 1. The summed E-state index contributed by atoms with van der Waals surface area (Å²) in [5.74, 6) is 0.112. The minimum absolute atomic E-state index is 0.0380. The third-order valence-electron chi connectivity index (χ3n) is 4.99. The number of nitrogens with zero attached hydrogens (tertiary/aromatic N) is 3. The summed E-state index contributed by atoms with van der Waals surface area (Å²) in [6, 6.07) is 12.2. The molecule has 0 bridgehead atoms. The molecule has 0 saturated carbocycles. The molecule has 1 aliphatic heterocycles. The van der Waals surface area contributed by atoms with E-state index in [0.717, 1.165) is 10.6 Å². The van der Waals surface area contributed by atoms with Crippen molar-refractivity contribution in [3.8, 4) is 0 Å². The molecule has 1 aromatic carbocycles. The molecule has 1 fully saturated rings. The van der Waals surface area contributed by atoms with Gasteiger partial charge in [0.1, 0.15) is 6.17 Å². The van der Waals surface area contributed by atoms with Gasteiger partial charge in [-0.1, -0.05) is 49.4 Å². The van der Waals surface area contributed by atoms with E-state index in [-0.39, 0.29) is 28.5 Å². The second-order valence-electron chi connectivity index (χ2n) is 7.65. The Morgan fingerprint density at radius 1 is 1.21 bits per heavy atom. The topological polar surface area (TPSA) is 70.6 Å². The summed E-state index contributed by atoms with van der Waals surface area (Å²) in [5.41, 5.74) is 1.00. The summed E-state index contributed by atoms with van der Waals surface area (Å²) in [5, 5.41) is 0.776. The lowest BCUT2D eigenvalue weighted by atomic mass is 10.1. The highest BCUT2D eigenvalue weighted by molar-refractivity contribution is 7.99. The maximum Gasteiger partial charge on any atom is 0.244 e. The van der Waals surface area contributed by atoms with Crippen LogP contribution in [0.3, 0.4) is 0 Å². The van der Waals surface area contributed by atoms with Crippen LogP contribution in [0.25, 0.3) is 0 Å². The Morgan fingerprint density at radius 2 is 1.90 bits per heavy atom. The zero-order valence-corrected chi connectivity index (χ0v) is 18.8. The average molecular weight is 434 g/mol. The van der Waals surface area contributed by atoms with Crippen molar-refractivity contribution >= 4 is 27.7 Å². The highest BCUT2D eigenvalue weighted by Crippen LogP contribution is 2.32. The number of amides is 1. The van der Waals surface area contributed by atoms with Gasteiger partial charge in [0.25, 0.3) is 0 Å². The van der Waals surface area contributed by atoms with Crippen LogP contribution in [0.5, 0.6) is 0 Å². The second-order valence-corrected chi connectivity index (χ2v) is 10.5. The van der Waals surface area contributed by atoms with Gasteiger partial charge in [0, 0.05) is 18.8 Å². The van der Waals surface area contributed by atoms with Crippen LogP contribution >= 0.6 is 11.8 Å². The lowest BCUT2D eigenvalue weighted by Gasteiger charge is -2.33. The molecule has 0 unspecified atom stereocenters. The quantitative estimate of drug-likeness (QED) is 0.653. The number of hydrogen-bond donors (Lipinski definition) is 0. The van der Waals surface area contributed by atoms with Gasteiger partial charge < -0.3 is 4.90 Å². The number of sulfonamides is 1. The zero-order chi connectivity index (χ0) is 21.2.